The van der Waals surface area contributed by atoms with Crippen molar-refractivity contribution < 1.29 is 9.90 Å². The van der Waals surface area contributed by atoms with Gasteiger partial charge in [0.05, 0.1) is 11.3 Å². The Hall–Kier alpha value is -1.60. The van der Waals surface area contributed by atoms with E-state index in [1.165, 1.54) is 35.4 Å². The van der Waals surface area contributed by atoms with Gasteiger partial charge in [-0.25, -0.2) is 14.8 Å². The second kappa shape index (κ2) is 4.72. The molecule has 2 aromatic heterocycles. The fourth-order valence-corrected chi connectivity index (χ4v) is 2.97. The van der Waals surface area contributed by atoms with E-state index >= 15 is 0 Å². The fraction of sp³-hybridized carbons (Fsp3) is 0.100. The quantitative estimate of drug-likeness (QED) is 0.886. The van der Waals surface area contributed by atoms with Gasteiger partial charge in [-0.05, 0) is 24.8 Å². The molecule has 2 heterocycles. The maximum absolute atomic E-state index is 10.9. The standard InChI is InChI=1S/C10H9N3O2S2/c1-5-4-16-10(13-5)17-8-7(11)6(9(14)15)2-3-12-8/h2-4H,11H2,1H3,(H,14,15). The Bertz CT molecular complexity index is 568. The number of carbonyl (C=O) groups is 1. The van der Waals surface area contributed by atoms with Gasteiger partial charge in [0.2, 0.25) is 0 Å². The van der Waals surface area contributed by atoms with Gasteiger partial charge in [0.15, 0.2) is 4.34 Å². The lowest BCUT2D eigenvalue weighted by Crippen LogP contribution is -2.04. The molecular weight excluding hydrogens is 258 g/mol. The molecule has 0 aromatic carbocycles. The number of nitrogen functional groups attached to an aromatic ring is 1. The molecule has 0 spiro atoms. The van der Waals surface area contributed by atoms with Crippen molar-refractivity contribution in [1.29, 1.82) is 0 Å². The normalized spacial score (nSPS) is 10.4. The summed E-state index contributed by atoms with van der Waals surface area (Å²) in [6.45, 7) is 1.89. The first-order valence-corrected chi connectivity index (χ1v) is 6.35. The van der Waals surface area contributed by atoms with Gasteiger partial charge in [-0.2, -0.15) is 0 Å². The van der Waals surface area contributed by atoms with E-state index in [0.717, 1.165) is 10.0 Å². The third-order valence-electron chi connectivity index (χ3n) is 1.97. The molecule has 0 aliphatic heterocycles. The minimum Gasteiger partial charge on any atom is -0.478 e. The van der Waals surface area contributed by atoms with E-state index in [1.807, 2.05) is 12.3 Å². The van der Waals surface area contributed by atoms with Gasteiger partial charge >= 0.3 is 5.97 Å². The Morgan fingerprint density at radius 2 is 2.35 bits per heavy atom. The number of carboxylic acids is 1. The first-order valence-electron chi connectivity index (χ1n) is 4.65. The van der Waals surface area contributed by atoms with Gasteiger partial charge in [-0.15, -0.1) is 11.3 Å². The van der Waals surface area contributed by atoms with Crippen molar-refractivity contribution in [2.75, 3.05) is 5.73 Å². The van der Waals surface area contributed by atoms with Crippen molar-refractivity contribution in [2.45, 2.75) is 16.3 Å². The number of nitrogens with two attached hydrogens (primary N) is 1. The molecule has 0 fully saturated rings. The summed E-state index contributed by atoms with van der Waals surface area (Å²) in [6, 6.07) is 1.38. The van der Waals surface area contributed by atoms with Crippen molar-refractivity contribution in [1.82, 2.24) is 9.97 Å². The Kier molecular flexibility index (Phi) is 3.30. The molecule has 0 aliphatic rings. The highest BCUT2D eigenvalue weighted by Gasteiger charge is 2.14. The number of thiazole rings is 1. The van der Waals surface area contributed by atoms with E-state index < -0.39 is 5.97 Å². The zero-order valence-corrected chi connectivity index (χ0v) is 10.5. The molecule has 5 nitrogen and oxygen atoms in total. The molecule has 0 bridgehead atoms. The van der Waals surface area contributed by atoms with Gasteiger partial charge in [-0.3, -0.25) is 0 Å². The molecule has 0 unspecified atom stereocenters. The van der Waals surface area contributed by atoms with Crippen LogP contribution in [-0.2, 0) is 0 Å². The Balaban J connectivity index is 2.33. The molecular formula is C10H9N3O2S2. The lowest BCUT2D eigenvalue weighted by molar-refractivity contribution is 0.0697. The topological polar surface area (TPSA) is 89.1 Å². The van der Waals surface area contributed by atoms with Crippen LogP contribution in [-0.4, -0.2) is 21.0 Å². The minimum atomic E-state index is -1.05. The van der Waals surface area contributed by atoms with E-state index in [4.69, 9.17) is 10.8 Å². The number of hydrogen-bond acceptors (Lipinski definition) is 6. The average molecular weight is 267 g/mol. The number of pyridine rings is 1. The summed E-state index contributed by atoms with van der Waals surface area (Å²) < 4.78 is 0.796. The number of anilines is 1. The number of aryl methyl sites for hydroxylation is 1. The molecule has 2 rings (SSSR count). The predicted molar refractivity (Wildman–Crippen MR) is 66.6 cm³/mol. The second-order valence-electron chi connectivity index (χ2n) is 3.24. The third kappa shape index (κ3) is 2.56. The van der Waals surface area contributed by atoms with Gasteiger partial charge in [-0.1, -0.05) is 0 Å². The Morgan fingerprint density at radius 1 is 1.59 bits per heavy atom. The Labute approximate surface area is 106 Å². The van der Waals surface area contributed by atoms with Crippen LogP contribution >= 0.6 is 23.1 Å². The van der Waals surface area contributed by atoms with Crippen molar-refractivity contribution in [3.05, 3.63) is 28.9 Å². The van der Waals surface area contributed by atoms with Gasteiger partial charge in [0, 0.05) is 17.3 Å². The lowest BCUT2D eigenvalue weighted by atomic mass is 10.2. The van der Waals surface area contributed by atoms with Gasteiger partial charge in [0.25, 0.3) is 0 Å². The molecule has 0 saturated carbocycles. The highest BCUT2D eigenvalue weighted by Crippen LogP contribution is 2.33. The molecule has 0 atom stereocenters. The van der Waals surface area contributed by atoms with E-state index in [1.54, 1.807) is 0 Å². The molecule has 0 aliphatic carbocycles. The second-order valence-corrected chi connectivity index (χ2v) is 5.33. The van der Waals surface area contributed by atoms with Crippen LogP contribution in [0.15, 0.2) is 27.0 Å². The predicted octanol–water partition coefficient (Wildman–Crippen LogP) is 2.28. The smallest absolute Gasteiger partial charge is 0.337 e. The minimum absolute atomic E-state index is 0.0655. The summed E-state index contributed by atoms with van der Waals surface area (Å²) in [5, 5.41) is 11.3. The average Bonchev–Trinajstić information content (AvgIpc) is 2.67. The fourth-order valence-electron chi connectivity index (χ4n) is 1.18. The van der Waals surface area contributed by atoms with Crippen LogP contribution in [0.4, 0.5) is 5.69 Å². The van der Waals surface area contributed by atoms with Crippen LogP contribution < -0.4 is 5.73 Å². The summed E-state index contributed by atoms with van der Waals surface area (Å²) in [5.41, 5.74) is 6.92. The van der Waals surface area contributed by atoms with Crippen LogP contribution in [0.3, 0.4) is 0 Å². The van der Waals surface area contributed by atoms with E-state index in [9.17, 15) is 4.79 Å². The summed E-state index contributed by atoms with van der Waals surface area (Å²) in [5.74, 6) is -1.05. The van der Waals surface area contributed by atoms with Crippen LogP contribution in [0.2, 0.25) is 0 Å². The van der Waals surface area contributed by atoms with Gasteiger partial charge < -0.3 is 10.8 Å². The molecule has 3 N–H and O–H groups in total. The summed E-state index contributed by atoms with van der Waals surface area (Å²) in [7, 11) is 0. The van der Waals surface area contributed by atoms with Crippen molar-refractivity contribution in [3.63, 3.8) is 0 Å². The molecule has 0 radical (unpaired) electrons. The molecule has 2 aromatic rings. The van der Waals surface area contributed by atoms with Crippen molar-refractivity contribution in [3.8, 4) is 0 Å². The van der Waals surface area contributed by atoms with Crippen LogP contribution in [0.25, 0.3) is 0 Å². The SMILES string of the molecule is Cc1csc(Sc2nccc(C(=O)O)c2N)n1. The monoisotopic (exact) mass is 267 g/mol. The van der Waals surface area contributed by atoms with E-state index in [-0.39, 0.29) is 11.3 Å². The maximum Gasteiger partial charge on any atom is 0.337 e. The van der Waals surface area contributed by atoms with E-state index in [0.29, 0.717) is 5.03 Å². The number of aromatic carboxylic acids is 1. The number of rotatable bonds is 3. The van der Waals surface area contributed by atoms with Crippen molar-refractivity contribution >= 4 is 34.8 Å². The number of aromatic nitrogens is 2. The zero-order chi connectivity index (χ0) is 12.4. The molecule has 0 saturated heterocycles. The molecule has 7 heteroatoms. The molecule has 0 amide bonds. The zero-order valence-electron chi connectivity index (χ0n) is 8.88. The van der Waals surface area contributed by atoms with Crippen LogP contribution in [0.5, 0.6) is 0 Å². The largest absolute Gasteiger partial charge is 0.478 e. The van der Waals surface area contributed by atoms with Crippen LogP contribution in [0.1, 0.15) is 16.1 Å². The number of hydrogen-bond donors (Lipinski definition) is 2. The summed E-state index contributed by atoms with van der Waals surface area (Å²) >= 11 is 2.75. The highest BCUT2D eigenvalue weighted by atomic mass is 32.2. The first-order chi connectivity index (χ1) is 8.08. The molecule has 17 heavy (non-hydrogen) atoms. The Morgan fingerprint density at radius 3 is 2.94 bits per heavy atom. The first kappa shape index (κ1) is 11.9. The summed E-state index contributed by atoms with van der Waals surface area (Å²) in [6.07, 6.45) is 1.43. The van der Waals surface area contributed by atoms with Gasteiger partial charge in [0.1, 0.15) is 5.03 Å². The van der Waals surface area contributed by atoms with Crippen LogP contribution in [0, 0.1) is 6.92 Å². The highest BCUT2D eigenvalue weighted by molar-refractivity contribution is 8.01. The maximum atomic E-state index is 10.9. The molecule has 88 valence electrons. The van der Waals surface area contributed by atoms with Crippen molar-refractivity contribution in [2.24, 2.45) is 0 Å². The third-order valence-corrected chi connectivity index (χ3v) is 4.04. The number of carboxylic acid groups (broad SMARTS) is 1. The van der Waals surface area contributed by atoms with E-state index in [2.05, 4.69) is 9.97 Å². The lowest BCUT2D eigenvalue weighted by Gasteiger charge is -2.04. The number of nitrogens with zero attached hydrogens (tertiary/aromatic N) is 2. The summed E-state index contributed by atoms with van der Waals surface area (Å²) in [4.78, 5) is 19.2.